The molecule has 0 saturated heterocycles. The SMILES string of the molecule is Cc1cc(C(N)=O)c(OCc2ccccc2)c(S(=O)(=O)c2ccc(CCN(Cc3ccccc3)C[C@H](O)c3cccc(Cl)c3)cc2)c1. The Bertz CT molecular complexity index is 1920. The van der Waals surface area contributed by atoms with Crippen molar-refractivity contribution in [2.24, 2.45) is 5.73 Å². The molecule has 5 aromatic carbocycles. The van der Waals surface area contributed by atoms with Crippen molar-refractivity contribution in [1.82, 2.24) is 4.90 Å². The number of carbonyl (C=O) groups excluding carboxylic acids is 1. The van der Waals surface area contributed by atoms with E-state index in [0.717, 1.165) is 22.3 Å². The second-order valence-corrected chi connectivity index (χ2v) is 13.8. The van der Waals surface area contributed by atoms with Crippen molar-refractivity contribution in [3.8, 4) is 5.75 Å². The molecule has 1 amide bonds. The van der Waals surface area contributed by atoms with Crippen molar-refractivity contribution in [1.29, 1.82) is 0 Å². The van der Waals surface area contributed by atoms with Crippen LogP contribution >= 0.6 is 11.6 Å². The summed E-state index contributed by atoms with van der Waals surface area (Å²) in [5.74, 6) is -0.838. The van der Waals surface area contributed by atoms with Crippen molar-refractivity contribution < 1.29 is 23.1 Å². The molecule has 9 heteroatoms. The van der Waals surface area contributed by atoms with Crippen molar-refractivity contribution >= 4 is 27.3 Å². The smallest absolute Gasteiger partial charge is 0.252 e. The predicted octanol–water partition coefficient (Wildman–Crippen LogP) is 6.94. The Balaban J connectivity index is 1.35. The van der Waals surface area contributed by atoms with Crippen LogP contribution in [0, 0.1) is 6.92 Å². The van der Waals surface area contributed by atoms with Crippen LogP contribution < -0.4 is 10.5 Å². The Labute approximate surface area is 281 Å². The number of rotatable bonds is 14. The summed E-state index contributed by atoms with van der Waals surface area (Å²) >= 11 is 6.16. The van der Waals surface area contributed by atoms with Gasteiger partial charge in [-0.25, -0.2) is 8.42 Å². The van der Waals surface area contributed by atoms with E-state index >= 15 is 0 Å². The van der Waals surface area contributed by atoms with E-state index < -0.39 is 21.8 Å². The zero-order valence-electron chi connectivity index (χ0n) is 26.1. The Morgan fingerprint density at radius 3 is 2.15 bits per heavy atom. The van der Waals surface area contributed by atoms with Crippen LogP contribution in [-0.2, 0) is 29.4 Å². The molecule has 0 aliphatic carbocycles. The van der Waals surface area contributed by atoms with Crippen molar-refractivity contribution in [3.63, 3.8) is 0 Å². The highest BCUT2D eigenvalue weighted by molar-refractivity contribution is 7.91. The van der Waals surface area contributed by atoms with Gasteiger partial charge in [-0.2, -0.15) is 0 Å². The first-order chi connectivity index (χ1) is 22.6. The monoisotopic (exact) mass is 668 g/mol. The summed E-state index contributed by atoms with van der Waals surface area (Å²) < 4.78 is 33.9. The largest absolute Gasteiger partial charge is 0.487 e. The minimum Gasteiger partial charge on any atom is -0.487 e. The lowest BCUT2D eigenvalue weighted by Gasteiger charge is -2.25. The van der Waals surface area contributed by atoms with E-state index in [1.54, 1.807) is 43.3 Å². The van der Waals surface area contributed by atoms with E-state index in [-0.39, 0.29) is 27.7 Å². The van der Waals surface area contributed by atoms with Crippen molar-refractivity contribution in [3.05, 3.63) is 160 Å². The van der Waals surface area contributed by atoms with Gasteiger partial charge in [-0.3, -0.25) is 9.69 Å². The quantitative estimate of drug-likeness (QED) is 0.133. The van der Waals surface area contributed by atoms with Crippen molar-refractivity contribution in [2.45, 2.75) is 42.4 Å². The number of nitrogens with zero attached hydrogens (tertiary/aromatic N) is 1. The number of hydrogen-bond donors (Lipinski definition) is 2. The predicted molar refractivity (Wildman–Crippen MR) is 184 cm³/mol. The fourth-order valence-electron chi connectivity index (χ4n) is 5.39. The van der Waals surface area contributed by atoms with E-state index in [1.807, 2.05) is 72.8 Å². The standard InChI is InChI=1S/C38H37ClN2O5S/c1-27-21-34(38(40)43)37(46-26-30-11-6-3-7-12-30)36(22-27)47(44,45)33-17-15-28(16-18-33)19-20-41(24-29-9-4-2-5-10-29)25-35(42)31-13-8-14-32(39)23-31/h2-18,21-23,35,42H,19-20,24-26H2,1H3,(H2,40,43)/t35-/m0/s1. The van der Waals surface area contributed by atoms with Gasteiger partial charge in [0.15, 0.2) is 5.75 Å². The van der Waals surface area contributed by atoms with Crippen LogP contribution in [0.5, 0.6) is 5.75 Å². The maximum absolute atomic E-state index is 14.0. The lowest BCUT2D eigenvalue weighted by Crippen LogP contribution is -2.30. The molecule has 3 N–H and O–H groups in total. The third-order valence-electron chi connectivity index (χ3n) is 7.84. The molecule has 1 atom stereocenters. The maximum atomic E-state index is 14.0. The first-order valence-corrected chi connectivity index (χ1v) is 17.1. The first kappa shape index (κ1) is 33.9. The number of carbonyl (C=O) groups is 1. The molecule has 242 valence electrons. The molecule has 0 aliphatic rings. The Morgan fingerprint density at radius 2 is 1.51 bits per heavy atom. The summed E-state index contributed by atoms with van der Waals surface area (Å²) in [6.07, 6.45) is -0.111. The van der Waals surface area contributed by atoms with Crippen LogP contribution in [0.1, 0.15) is 44.3 Å². The third-order valence-corrected chi connectivity index (χ3v) is 9.85. The lowest BCUT2D eigenvalue weighted by atomic mass is 10.1. The number of halogens is 1. The van der Waals surface area contributed by atoms with Gasteiger partial charge in [0.2, 0.25) is 9.84 Å². The number of nitrogens with two attached hydrogens (primary N) is 1. The number of aryl methyl sites for hydroxylation is 1. The van der Waals surface area contributed by atoms with Gasteiger partial charge in [-0.1, -0.05) is 96.5 Å². The van der Waals surface area contributed by atoms with Gasteiger partial charge in [0, 0.05) is 24.7 Å². The molecule has 0 bridgehead atoms. The minimum atomic E-state index is -4.08. The normalized spacial score (nSPS) is 12.2. The van der Waals surface area contributed by atoms with Gasteiger partial charge < -0.3 is 15.6 Å². The fraction of sp³-hybridized carbons (Fsp3) is 0.184. The number of primary amides is 1. The molecule has 0 radical (unpaired) electrons. The highest BCUT2D eigenvalue weighted by atomic mass is 35.5. The molecular weight excluding hydrogens is 632 g/mol. The summed E-state index contributed by atoms with van der Waals surface area (Å²) in [5, 5.41) is 11.6. The average Bonchev–Trinajstić information content (AvgIpc) is 3.07. The van der Waals surface area contributed by atoms with Crippen molar-refractivity contribution in [2.75, 3.05) is 13.1 Å². The molecule has 0 heterocycles. The van der Waals surface area contributed by atoms with Crippen LogP contribution in [0.25, 0.3) is 0 Å². The molecule has 0 fully saturated rings. The number of aliphatic hydroxyl groups is 1. The molecule has 0 spiro atoms. The topological polar surface area (TPSA) is 110 Å². The third kappa shape index (κ3) is 8.87. The highest BCUT2D eigenvalue weighted by Crippen LogP contribution is 2.35. The number of hydrogen-bond acceptors (Lipinski definition) is 6. The second kappa shape index (κ2) is 15.4. The van der Waals surface area contributed by atoms with Gasteiger partial charge in [0.25, 0.3) is 5.91 Å². The second-order valence-electron chi connectivity index (χ2n) is 11.5. The summed E-state index contributed by atoms with van der Waals surface area (Å²) in [7, 11) is -4.08. The number of amides is 1. The molecule has 5 aromatic rings. The molecule has 0 saturated carbocycles. The molecule has 0 aliphatic heterocycles. The summed E-state index contributed by atoms with van der Waals surface area (Å²) in [6, 6.07) is 36.3. The zero-order valence-corrected chi connectivity index (χ0v) is 27.6. The molecule has 5 rings (SSSR count). The van der Waals surface area contributed by atoms with Gasteiger partial charge in [-0.05, 0) is 77.6 Å². The molecular formula is C38H37ClN2O5S. The van der Waals surface area contributed by atoms with Gasteiger partial charge in [-0.15, -0.1) is 0 Å². The first-order valence-electron chi connectivity index (χ1n) is 15.2. The summed E-state index contributed by atoms with van der Waals surface area (Å²) in [5.41, 5.74) is 9.85. The number of ether oxygens (including phenoxy) is 1. The van der Waals surface area contributed by atoms with E-state index in [1.165, 1.54) is 12.1 Å². The molecule has 0 aromatic heterocycles. The maximum Gasteiger partial charge on any atom is 0.252 e. The van der Waals surface area contributed by atoms with Crippen LogP contribution in [0.3, 0.4) is 0 Å². The average molecular weight is 669 g/mol. The summed E-state index contributed by atoms with van der Waals surface area (Å²) in [4.78, 5) is 14.5. The van der Waals surface area contributed by atoms with E-state index in [0.29, 0.717) is 36.6 Å². The molecule has 7 nitrogen and oxygen atoms in total. The van der Waals surface area contributed by atoms with Crippen LogP contribution in [0.15, 0.2) is 131 Å². The summed E-state index contributed by atoms with van der Waals surface area (Å²) in [6.45, 7) is 3.42. The van der Waals surface area contributed by atoms with Crippen LogP contribution in [0.2, 0.25) is 5.02 Å². The number of sulfone groups is 1. The van der Waals surface area contributed by atoms with Crippen LogP contribution in [-0.4, -0.2) is 37.4 Å². The lowest BCUT2D eigenvalue weighted by molar-refractivity contribution is 0.0995. The van der Waals surface area contributed by atoms with Crippen LogP contribution in [0.4, 0.5) is 0 Å². The zero-order chi connectivity index (χ0) is 33.4. The van der Waals surface area contributed by atoms with Gasteiger partial charge in [0.1, 0.15) is 11.5 Å². The Kier molecular flexibility index (Phi) is 11.1. The van der Waals surface area contributed by atoms with Gasteiger partial charge >= 0.3 is 0 Å². The Hall–Kier alpha value is -4.47. The minimum absolute atomic E-state index is 0.00888. The highest BCUT2D eigenvalue weighted by Gasteiger charge is 2.27. The Morgan fingerprint density at radius 1 is 0.851 bits per heavy atom. The number of aliphatic hydroxyl groups excluding tert-OH is 1. The van der Waals surface area contributed by atoms with Gasteiger partial charge in [0.05, 0.1) is 16.6 Å². The fourth-order valence-corrected chi connectivity index (χ4v) is 7.09. The number of benzene rings is 5. The molecule has 0 unspecified atom stereocenters. The van der Waals surface area contributed by atoms with E-state index in [9.17, 15) is 18.3 Å². The van der Waals surface area contributed by atoms with E-state index in [2.05, 4.69) is 4.90 Å². The van der Waals surface area contributed by atoms with E-state index in [4.69, 9.17) is 22.1 Å². The molecule has 47 heavy (non-hydrogen) atoms.